The number of ether oxygens (including phenoxy) is 1. The van der Waals surface area contributed by atoms with Gasteiger partial charge in [-0.2, -0.15) is 0 Å². The van der Waals surface area contributed by atoms with E-state index < -0.39 is 5.54 Å². The molecule has 0 spiro atoms. The zero-order valence-electron chi connectivity index (χ0n) is 12.8. The first-order chi connectivity index (χ1) is 8.93. The first kappa shape index (κ1) is 16.4. The molecule has 0 heterocycles. The number of rotatable bonds is 9. The van der Waals surface area contributed by atoms with Gasteiger partial charge in [-0.3, -0.25) is 4.79 Å². The summed E-state index contributed by atoms with van der Waals surface area (Å²) in [5.41, 5.74) is 5.52. The molecule has 0 aliphatic heterocycles. The number of esters is 1. The number of methoxy groups -OCH3 is 1. The van der Waals surface area contributed by atoms with Gasteiger partial charge in [0.25, 0.3) is 0 Å². The topological polar surface area (TPSA) is 58.8 Å². The third-order valence-electron chi connectivity index (χ3n) is 3.88. The Morgan fingerprint density at radius 2 is 2.00 bits per heavy atom. The number of hydrogen-bond donors (Lipinski definition) is 1. The molecule has 0 amide bonds. The molecule has 0 bridgehead atoms. The fourth-order valence-electron chi connectivity index (χ4n) is 2.48. The van der Waals surface area contributed by atoms with Crippen LogP contribution in [-0.2, 0) is 9.53 Å². The van der Waals surface area contributed by atoms with E-state index in [2.05, 4.69) is 30.8 Å². The van der Waals surface area contributed by atoms with E-state index in [4.69, 9.17) is 10.5 Å². The number of nitrogens with two attached hydrogens (primary N) is 1. The molecule has 0 radical (unpaired) electrons. The van der Waals surface area contributed by atoms with Gasteiger partial charge in [-0.15, -0.1) is 0 Å². The summed E-state index contributed by atoms with van der Waals surface area (Å²) in [6.45, 7) is 5.65. The van der Waals surface area contributed by atoms with Crippen LogP contribution in [0.4, 0.5) is 0 Å². The first-order valence-electron chi connectivity index (χ1n) is 7.18. The van der Waals surface area contributed by atoms with Gasteiger partial charge in [0.2, 0.25) is 0 Å². The summed E-state index contributed by atoms with van der Waals surface area (Å²) < 4.78 is 4.91. The predicted molar refractivity (Wildman–Crippen MR) is 76.9 cm³/mol. The van der Waals surface area contributed by atoms with E-state index >= 15 is 0 Å². The van der Waals surface area contributed by atoms with Gasteiger partial charge in [0.1, 0.15) is 5.54 Å². The second-order valence-electron chi connectivity index (χ2n) is 5.83. The zero-order valence-corrected chi connectivity index (χ0v) is 12.8. The summed E-state index contributed by atoms with van der Waals surface area (Å²) in [6, 6.07) is 0. The molecule has 0 aromatic rings. The molecule has 5 heteroatoms. The molecule has 0 saturated heterocycles. The van der Waals surface area contributed by atoms with E-state index in [0.717, 1.165) is 38.9 Å². The van der Waals surface area contributed by atoms with Gasteiger partial charge in [-0.1, -0.05) is 6.92 Å². The number of nitrogens with zero attached hydrogens (tertiary/aromatic N) is 2. The molecule has 1 saturated carbocycles. The Hall–Kier alpha value is -0.650. The van der Waals surface area contributed by atoms with E-state index in [1.165, 1.54) is 7.11 Å². The zero-order chi connectivity index (χ0) is 14.5. The normalized spacial score (nSPS) is 18.7. The van der Waals surface area contributed by atoms with E-state index in [1.807, 2.05) is 0 Å². The highest BCUT2D eigenvalue weighted by molar-refractivity contribution is 5.81. The molecule has 5 nitrogen and oxygen atoms in total. The van der Waals surface area contributed by atoms with Crippen LogP contribution in [0.5, 0.6) is 0 Å². The Morgan fingerprint density at radius 1 is 1.37 bits per heavy atom. The van der Waals surface area contributed by atoms with E-state index in [1.54, 1.807) is 0 Å². The summed E-state index contributed by atoms with van der Waals surface area (Å²) in [5.74, 6) is 0.0314. The largest absolute Gasteiger partial charge is 0.468 e. The highest BCUT2D eigenvalue weighted by Crippen LogP contribution is 2.39. The molecule has 19 heavy (non-hydrogen) atoms. The lowest BCUT2D eigenvalue weighted by Gasteiger charge is -2.33. The molecule has 1 aliphatic rings. The summed E-state index contributed by atoms with van der Waals surface area (Å²) >= 11 is 0. The molecule has 1 fully saturated rings. The van der Waals surface area contributed by atoms with Gasteiger partial charge >= 0.3 is 5.97 Å². The van der Waals surface area contributed by atoms with Crippen molar-refractivity contribution < 1.29 is 9.53 Å². The molecule has 1 unspecified atom stereocenters. The smallest absolute Gasteiger partial charge is 0.327 e. The van der Waals surface area contributed by atoms with Crippen molar-refractivity contribution in [2.24, 2.45) is 11.7 Å². The van der Waals surface area contributed by atoms with E-state index in [9.17, 15) is 4.79 Å². The summed E-state index contributed by atoms with van der Waals surface area (Å²) in [5, 5.41) is 0. The Balaban J connectivity index is 2.53. The third-order valence-corrected chi connectivity index (χ3v) is 3.88. The van der Waals surface area contributed by atoms with Crippen molar-refractivity contribution in [1.82, 2.24) is 9.80 Å². The van der Waals surface area contributed by atoms with Crippen molar-refractivity contribution in [2.45, 2.75) is 31.7 Å². The Labute approximate surface area is 117 Å². The lowest BCUT2D eigenvalue weighted by atomic mass is 9.93. The molecule has 1 atom stereocenters. The number of carbonyl (C=O) groups is 1. The van der Waals surface area contributed by atoms with Gasteiger partial charge in [-0.05, 0) is 58.9 Å². The van der Waals surface area contributed by atoms with Crippen LogP contribution in [0.2, 0.25) is 0 Å². The van der Waals surface area contributed by atoms with E-state index in [-0.39, 0.29) is 5.97 Å². The highest BCUT2D eigenvalue weighted by atomic mass is 16.5. The molecule has 0 aromatic heterocycles. The van der Waals surface area contributed by atoms with Gasteiger partial charge < -0.3 is 20.3 Å². The van der Waals surface area contributed by atoms with Crippen molar-refractivity contribution in [3.63, 3.8) is 0 Å². The van der Waals surface area contributed by atoms with Gasteiger partial charge in [0.05, 0.1) is 7.11 Å². The second kappa shape index (κ2) is 7.22. The van der Waals surface area contributed by atoms with Crippen LogP contribution in [0.1, 0.15) is 26.2 Å². The van der Waals surface area contributed by atoms with Gasteiger partial charge in [0.15, 0.2) is 0 Å². The van der Waals surface area contributed by atoms with Crippen LogP contribution in [0.3, 0.4) is 0 Å². The van der Waals surface area contributed by atoms with Crippen LogP contribution in [0, 0.1) is 5.92 Å². The van der Waals surface area contributed by atoms with Crippen molar-refractivity contribution in [3.8, 4) is 0 Å². The maximum absolute atomic E-state index is 12.0. The minimum atomic E-state index is -0.817. The van der Waals surface area contributed by atoms with Crippen LogP contribution in [0.15, 0.2) is 0 Å². The van der Waals surface area contributed by atoms with Gasteiger partial charge in [-0.25, -0.2) is 0 Å². The minimum Gasteiger partial charge on any atom is -0.468 e. The lowest BCUT2D eigenvalue weighted by Crippen LogP contribution is -2.58. The van der Waals surface area contributed by atoms with Crippen LogP contribution in [0.25, 0.3) is 0 Å². The SMILES string of the molecule is CCN(CCCN(C)C)CC(N)(C(=O)OC)C1CC1. The number of likely N-dealkylation sites (N-methyl/N-ethyl adjacent to an activating group) is 1. The second-order valence-corrected chi connectivity index (χ2v) is 5.83. The molecule has 2 N–H and O–H groups in total. The molecule has 112 valence electrons. The molecule has 1 aliphatic carbocycles. The molecule has 0 aromatic carbocycles. The Bertz CT molecular complexity index is 292. The quantitative estimate of drug-likeness (QED) is 0.620. The Kier molecular flexibility index (Phi) is 6.23. The maximum Gasteiger partial charge on any atom is 0.327 e. The predicted octanol–water partition coefficient (Wildman–Crippen LogP) is 0.541. The summed E-state index contributed by atoms with van der Waals surface area (Å²) in [4.78, 5) is 16.4. The molecular weight excluding hydrogens is 242 g/mol. The number of carbonyl (C=O) groups excluding carboxylic acids is 1. The fraction of sp³-hybridized carbons (Fsp3) is 0.929. The monoisotopic (exact) mass is 271 g/mol. The van der Waals surface area contributed by atoms with E-state index in [0.29, 0.717) is 12.5 Å². The van der Waals surface area contributed by atoms with Crippen LogP contribution < -0.4 is 5.73 Å². The average molecular weight is 271 g/mol. The maximum atomic E-state index is 12.0. The van der Waals surface area contributed by atoms with Crippen molar-refractivity contribution in [1.29, 1.82) is 0 Å². The van der Waals surface area contributed by atoms with Crippen molar-refractivity contribution >= 4 is 5.97 Å². The minimum absolute atomic E-state index is 0.263. The first-order valence-corrected chi connectivity index (χ1v) is 7.18. The molecule has 1 rings (SSSR count). The molecular formula is C14H29N3O2. The lowest BCUT2D eigenvalue weighted by molar-refractivity contribution is -0.148. The highest BCUT2D eigenvalue weighted by Gasteiger charge is 2.49. The van der Waals surface area contributed by atoms with Crippen molar-refractivity contribution in [2.75, 3.05) is 47.4 Å². The summed E-state index contributed by atoms with van der Waals surface area (Å²) in [6.07, 6.45) is 3.17. The fourth-order valence-corrected chi connectivity index (χ4v) is 2.48. The average Bonchev–Trinajstić information content (AvgIpc) is 3.20. The number of hydrogen-bond acceptors (Lipinski definition) is 5. The van der Waals surface area contributed by atoms with Crippen LogP contribution in [-0.4, -0.2) is 68.7 Å². The van der Waals surface area contributed by atoms with Gasteiger partial charge in [0, 0.05) is 6.54 Å². The van der Waals surface area contributed by atoms with Crippen LogP contribution >= 0.6 is 0 Å². The Morgan fingerprint density at radius 3 is 2.42 bits per heavy atom. The van der Waals surface area contributed by atoms with Crippen molar-refractivity contribution in [3.05, 3.63) is 0 Å². The summed E-state index contributed by atoms with van der Waals surface area (Å²) in [7, 11) is 5.57. The third kappa shape index (κ3) is 4.75. The standard InChI is InChI=1S/C14H29N3O2/c1-5-17(10-6-9-16(2)3)11-14(15,12-7-8-12)13(18)19-4/h12H,5-11,15H2,1-4H3.